The summed E-state index contributed by atoms with van der Waals surface area (Å²) in [5.74, 6) is 1.46. The molecule has 108 valence electrons. The van der Waals surface area contributed by atoms with Gasteiger partial charge in [-0.3, -0.25) is 0 Å². The second-order valence-electron chi connectivity index (χ2n) is 5.36. The van der Waals surface area contributed by atoms with E-state index in [-0.39, 0.29) is 12.0 Å². The van der Waals surface area contributed by atoms with Crippen molar-refractivity contribution in [3.63, 3.8) is 0 Å². The molecule has 0 radical (unpaired) electrons. The summed E-state index contributed by atoms with van der Waals surface area (Å²) in [6, 6.07) is 0. The predicted molar refractivity (Wildman–Crippen MR) is 81.8 cm³/mol. The van der Waals surface area contributed by atoms with Gasteiger partial charge in [-0.05, 0) is 6.08 Å². The molecular formula is C14H19N3O2S. The number of hydrogen-bond acceptors (Lipinski definition) is 6. The van der Waals surface area contributed by atoms with E-state index in [1.54, 1.807) is 12.4 Å². The van der Waals surface area contributed by atoms with E-state index < -0.39 is 0 Å². The Morgan fingerprint density at radius 1 is 1.30 bits per heavy atom. The van der Waals surface area contributed by atoms with E-state index in [1.165, 1.54) is 11.3 Å². The minimum atomic E-state index is -0.0367. The molecule has 0 spiro atoms. The number of oxazole rings is 1. The maximum absolute atomic E-state index is 8.73. The summed E-state index contributed by atoms with van der Waals surface area (Å²) in [5.41, 5.74) is -0.0367. The summed E-state index contributed by atoms with van der Waals surface area (Å²) < 4.78 is 5.68. The van der Waals surface area contributed by atoms with Crippen molar-refractivity contribution in [2.24, 2.45) is 0 Å². The summed E-state index contributed by atoms with van der Waals surface area (Å²) in [4.78, 5) is 9.44. The Balaban J connectivity index is 2.02. The van der Waals surface area contributed by atoms with Gasteiger partial charge in [0.25, 0.3) is 0 Å². The van der Waals surface area contributed by atoms with Gasteiger partial charge < -0.3 is 14.8 Å². The Morgan fingerprint density at radius 3 is 2.75 bits per heavy atom. The Labute approximate surface area is 122 Å². The molecule has 2 heterocycles. The van der Waals surface area contributed by atoms with Crippen LogP contribution in [0.25, 0.3) is 12.2 Å². The second kappa shape index (κ2) is 6.19. The van der Waals surface area contributed by atoms with Gasteiger partial charge in [0.05, 0.1) is 12.8 Å². The van der Waals surface area contributed by atoms with Crippen LogP contribution in [0.1, 0.15) is 37.3 Å². The van der Waals surface area contributed by atoms with Crippen molar-refractivity contribution in [3.8, 4) is 0 Å². The van der Waals surface area contributed by atoms with Gasteiger partial charge in [-0.15, -0.1) is 0 Å². The number of hydrogen-bond donors (Lipinski definition) is 2. The minimum Gasteiger partial charge on any atom is -0.441 e. The fourth-order valence-corrected chi connectivity index (χ4v) is 2.22. The SMILES string of the molecule is CC(C)(C)c1cnc(/C=C/c2cnc(NCCO)s2)o1. The van der Waals surface area contributed by atoms with Gasteiger partial charge in [0, 0.05) is 29.1 Å². The summed E-state index contributed by atoms with van der Waals surface area (Å²) >= 11 is 1.51. The first-order chi connectivity index (χ1) is 9.49. The molecule has 0 aliphatic heterocycles. The lowest BCUT2D eigenvalue weighted by molar-refractivity contribution is 0.311. The predicted octanol–water partition coefficient (Wildman–Crippen LogP) is 3.00. The highest BCUT2D eigenvalue weighted by Gasteiger charge is 2.18. The number of anilines is 1. The van der Waals surface area contributed by atoms with Crippen LogP contribution in [-0.2, 0) is 5.41 Å². The van der Waals surface area contributed by atoms with Crippen molar-refractivity contribution in [2.75, 3.05) is 18.5 Å². The number of rotatable bonds is 5. The Bertz CT molecular complexity index is 581. The van der Waals surface area contributed by atoms with Crippen molar-refractivity contribution < 1.29 is 9.52 Å². The van der Waals surface area contributed by atoms with Crippen LogP contribution in [0.4, 0.5) is 5.13 Å². The van der Waals surface area contributed by atoms with Crippen molar-refractivity contribution in [1.29, 1.82) is 0 Å². The summed E-state index contributed by atoms with van der Waals surface area (Å²) in [6.07, 6.45) is 7.29. The fraction of sp³-hybridized carbons (Fsp3) is 0.429. The van der Waals surface area contributed by atoms with Crippen molar-refractivity contribution in [3.05, 3.63) is 28.9 Å². The van der Waals surface area contributed by atoms with Crippen LogP contribution in [0, 0.1) is 0 Å². The van der Waals surface area contributed by atoms with Gasteiger partial charge in [-0.2, -0.15) is 0 Å². The molecule has 0 fully saturated rings. The molecule has 0 saturated carbocycles. The van der Waals surface area contributed by atoms with E-state index in [2.05, 4.69) is 36.1 Å². The van der Waals surface area contributed by atoms with Gasteiger partial charge in [-0.1, -0.05) is 32.1 Å². The maximum atomic E-state index is 8.73. The first kappa shape index (κ1) is 14.7. The average Bonchev–Trinajstić information content (AvgIpc) is 3.02. The van der Waals surface area contributed by atoms with Crippen LogP contribution in [-0.4, -0.2) is 28.2 Å². The molecule has 0 bridgehead atoms. The molecule has 0 atom stereocenters. The maximum Gasteiger partial charge on any atom is 0.218 e. The number of nitrogens with zero attached hydrogens (tertiary/aromatic N) is 2. The molecule has 6 heteroatoms. The molecule has 20 heavy (non-hydrogen) atoms. The van der Waals surface area contributed by atoms with Crippen molar-refractivity contribution >= 4 is 28.6 Å². The largest absolute Gasteiger partial charge is 0.441 e. The van der Waals surface area contributed by atoms with Crippen LogP contribution in [0.3, 0.4) is 0 Å². The number of aromatic nitrogens is 2. The van der Waals surface area contributed by atoms with E-state index in [1.807, 2.05) is 12.2 Å². The molecule has 5 nitrogen and oxygen atoms in total. The number of nitrogens with one attached hydrogen (secondary N) is 1. The summed E-state index contributed by atoms with van der Waals surface area (Å²) in [5, 5.41) is 12.5. The highest BCUT2D eigenvalue weighted by Crippen LogP contribution is 2.24. The van der Waals surface area contributed by atoms with Crippen molar-refractivity contribution in [1.82, 2.24) is 9.97 Å². The number of thiazole rings is 1. The molecule has 0 saturated heterocycles. The zero-order valence-electron chi connectivity index (χ0n) is 11.9. The Morgan fingerprint density at radius 2 is 2.10 bits per heavy atom. The lowest BCUT2D eigenvalue weighted by Crippen LogP contribution is -2.09. The lowest BCUT2D eigenvalue weighted by Gasteiger charge is -2.12. The number of aliphatic hydroxyl groups is 1. The zero-order valence-corrected chi connectivity index (χ0v) is 12.7. The van der Waals surface area contributed by atoms with Gasteiger partial charge in [-0.25, -0.2) is 9.97 Å². The van der Waals surface area contributed by atoms with Crippen molar-refractivity contribution in [2.45, 2.75) is 26.2 Å². The van der Waals surface area contributed by atoms with E-state index in [0.29, 0.717) is 12.4 Å². The third kappa shape index (κ3) is 3.91. The van der Waals surface area contributed by atoms with Crippen LogP contribution < -0.4 is 5.32 Å². The molecule has 2 aromatic rings. The molecule has 0 amide bonds. The Kier molecular flexibility index (Phi) is 4.57. The van der Waals surface area contributed by atoms with Crippen LogP contribution >= 0.6 is 11.3 Å². The normalized spacial score (nSPS) is 12.2. The summed E-state index contributed by atoms with van der Waals surface area (Å²) in [6.45, 7) is 6.86. The van der Waals surface area contributed by atoms with Crippen LogP contribution in [0.5, 0.6) is 0 Å². The minimum absolute atomic E-state index is 0.0367. The topological polar surface area (TPSA) is 71.2 Å². The first-order valence-corrected chi connectivity index (χ1v) is 7.25. The van der Waals surface area contributed by atoms with Gasteiger partial charge >= 0.3 is 0 Å². The van der Waals surface area contributed by atoms with E-state index in [4.69, 9.17) is 9.52 Å². The summed E-state index contributed by atoms with van der Waals surface area (Å²) in [7, 11) is 0. The standard InChI is InChI=1S/C14H19N3O2S/c1-14(2,3)11-9-16-12(19-11)5-4-10-8-17-13(20-10)15-6-7-18/h4-5,8-9,18H,6-7H2,1-3H3,(H,15,17)/b5-4+. The molecule has 0 aromatic carbocycles. The molecular weight excluding hydrogens is 274 g/mol. The second-order valence-corrected chi connectivity index (χ2v) is 6.43. The average molecular weight is 293 g/mol. The van der Waals surface area contributed by atoms with Gasteiger partial charge in [0.15, 0.2) is 5.13 Å². The Hall–Kier alpha value is -1.66. The molecule has 2 rings (SSSR count). The fourth-order valence-electron chi connectivity index (χ4n) is 1.47. The third-order valence-corrected chi connectivity index (χ3v) is 3.48. The van der Waals surface area contributed by atoms with E-state index >= 15 is 0 Å². The molecule has 2 aromatic heterocycles. The van der Waals surface area contributed by atoms with Gasteiger partial charge in [0.1, 0.15) is 5.76 Å². The van der Waals surface area contributed by atoms with E-state index in [0.717, 1.165) is 15.8 Å². The number of aliphatic hydroxyl groups excluding tert-OH is 1. The lowest BCUT2D eigenvalue weighted by atomic mass is 9.94. The van der Waals surface area contributed by atoms with Crippen LogP contribution in [0.2, 0.25) is 0 Å². The zero-order chi connectivity index (χ0) is 14.6. The van der Waals surface area contributed by atoms with Gasteiger partial charge in [0.2, 0.25) is 5.89 Å². The highest BCUT2D eigenvalue weighted by molar-refractivity contribution is 7.16. The monoisotopic (exact) mass is 293 g/mol. The smallest absolute Gasteiger partial charge is 0.218 e. The molecule has 0 aliphatic rings. The molecule has 2 N–H and O–H groups in total. The van der Waals surface area contributed by atoms with E-state index in [9.17, 15) is 0 Å². The molecule has 0 aliphatic carbocycles. The molecule has 0 unspecified atom stereocenters. The van der Waals surface area contributed by atoms with Crippen LogP contribution in [0.15, 0.2) is 16.8 Å². The highest BCUT2D eigenvalue weighted by atomic mass is 32.1. The third-order valence-electron chi connectivity index (χ3n) is 2.56. The first-order valence-electron chi connectivity index (χ1n) is 6.44. The quantitative estimate of drug-likeness (QED) is 0.886.